The highest BCUT2D eigenvalue weighted by Crippen LogP contribution is 2.27. The van der Waals surface area contributed by atoms with Crippen LogP contribution in [0.5, 0.6) is 0 Å². The largest absolute Gasteiger partial charge is 0.379 e. The van der Waals surface area contributed by atoms with Gasteiger partial charge in [-0.2, -0.15) is 12.7 Å². The third-order valence-corrected chi connectivity index (χ3v) is 9.63. The van der Waals surface area contributed by atoms with Gasteiger partial charge in [-0.25, -0.2) is 10.2 Å². The quantitative estimate of drug-likeness (QED) is 0.108. The van der Waals surface area contributed by atoms with Crippen LogP contribution in [0.1, 0.15) is 68.9 Å². The molecule has 1 aromatic carbocycles. The van der Waals surface area contributed by atoms with Crippen molar-refractivity contribution in [1.29, 1.82) is 0 Å². The van der Waals surface area contributed by atoms with Crippen molar-refractivity contribution in [2.75, 3.05) is 39.4 Å². The number of carbonyl (C=O) groups is 3. The molecule has 236 valence electrons. The summed E-state index contributed by atoms with van der Waals surface area (Å²) >= 11 is 0. The van der Waals surface area contributed by atoms with Gasteiger partial charge in [0.05, 0.1) is 13.2 Å². The molecule has 1 aliphatic heterocycles. The maximum atomic E-state index is 13.4. The monoisotopic (exact) mass is 609 g/mol. The summed E-state index contributed by atoms with van der Waals surface area (Å²) in [6.07, 6.45) is 7.34. The molecule has 2 aliphatic rings. The maximum absolute atomic E-state index is 13.4. The van der Waals surface area contributed by atoms with Crippen LogP contribution < -0.4 is 20.8 Å². The van der Waals surface area contributed by atoms with Crippen molar-refractivity contribution in [2.24, 2.45) is 11.8 Å². The molecule has 2 fully saturated rings. The number of hydroxylamine groups is 1. The van der Waals surface area contributed by atoms with Gasteiger partial charge in [-0.3, -0.25) is 19.6 Å². The minimum Gasteiger partial charge on any atom is -0.379 e. The molecule has 0 radical (unpaired) electrons. The third-order valence-electron chi connectivity index (χ3n) is 8.01. The SMILES string of the molecule is Cc1ccc(CCC[C@@H](CC(=O)NO)C(=O)N[C@@H](CC2CCCCC2)C(=O)NCCNS(=O)(=O)N2CCOCC2)cc1. The second-order valence-electron chi connectivity index (χ2n) is 11.3. The Morgan fingerprint density at radius 1 is 1.02 bits per heavy atom. The molecule has 1 saturated carbocycles. The van der Waals surface area contributed by atoms with Crippen molar-refractivity contribution < 1.29 is 32.7 Å². The van der Waals surface area contributed by atoms with E-state index in [1.807, 2.05) is 31.2 Å². The van der Waals surface area contributed by atoms with E-state index in [9.17, 15) is 22.8 Å². The van der Waals surface area contributed by atoms with Gasteiger partial charge in [0.25, 0.3) is 10.2 Å². The smallest absolute Gasteiger partial charge is 0.279 e. The number of carbonyl (C=O) groups excluding carboxylic acids is 3. The Labute approximate surface area is 249 Å². The van der Waals surface area contributed by atoms with Crippen molar-refractivity contribution >= 4 is 27.9 Å². The van der Waals surface area contributed by atoms with Gasteiger partial charge in [0.15, 0.2) is 0 Å². The second-order valence-corrected chi connectivity index (χ2v) is 13.1. The Morgan fingerprint density at radius 2 is 1.71 bits per heavy atom. The van der Waals surface area contributed by atoms with Crippen LogP contribution in [0.15, 0.2) is 24.3 Å². The van der Waals surface area contributed by atoms with E-state index in [2.05, 4.69) is 15.4 Å². The molecular weight excluding hydrogens is 562 g/mol. The number of nitrogens with one attached hydrogen (secondary N) is 4. The van der Waals surface area contributed by atoms with Crippen LogP contribution >= 0.6 is 0 Å². The summed E-state index contributed by atoms with van der Waals surface area (Å²) in [7, 11) is -3.68. The van der Waals surface area contributed by atoms with Gasteiger partial charge < -0.3 is 15.4 Å². The number of morpholine rings is 1. The highest BCUT2D eigenvalue weighted by Gasteiger charge is 2.30. The molecule has 5 N–H and O–H groups in total. The van der Waals surface area contributed by atoms with Crippen LogP contribution in [0.3, 0.4) is 0 Å². The first-order chi connectivity index (χ1) is 20.2. The molecule has 0 unspecified atom stereocenters. The number of aryl methyl sites for hydroxylation is 2. The average molecular weight is 610 g/mol. The zero-order valence-electron chi connectivity index (χ0n) is 24.6. The summed E-state index contributed by atoms with van der Waals surface area (Å²) in [6, 6.07) is 7.32. The lowest BCUT2D eigenvalue weighted by atomic mass is 9.84. The molecule has 42 heavy (non-hydrogen) atoms. The van der Waals surface area contributed by atoms with Crippen LogP contribution in [0, 0.1) is 18.8 Å². The van der Waals surface area contributed by atoms with Gasteiger partial charge in [0.1, 0.15) is 6.04 Å². The predicted octanol–water partition coefficient (Wildman–Crippen LogP) is 1.57. The summed E-state index contributed by atoms with van der Waals surface area (Å²) in [5.74, 6) is -1.89. The van der Waals surface area contributed by atoms with Crippen LogP contribution in [0.2, 0.25) is 0 Å². The van der Waals surface area contributed by atoms with Gasteiger partial charge in [0, 0.05) is 38.5 Å². The summed E-state index contributed by atoms with van der Waals surface area (Å²) < 4.78 is 34.0. The van der Waals surface area contributed by atoms with Gasteiger partial charge >= 0.3 is 0 Å². The fourth-order valence-electron chi connectivity index (χ4n) is 5.55. The molecule has 13 heteroatoms. The molecule has 0 spiro atoms. The molecule has 1 heterocycles. The van der Waals surface area contributed by atoms with Crippen LogP contribution in [0.4, 0.5) is 0 Å². The second kappa shape index (κ2) is 17.5. The van der Waals surface area contributed by atoms with Gasteiger partial charge in [-0.15, -0.1) is 0 Å². The number of hydrogen-bond acceptors (Lipinski definition) is 7. The lowest BCUT2D eigenvalue weighted by Gasteiger charge is -2.28. The van der Waals surface area contributed by atoms with E-state index >= 15 is 0 Å². The minimum atomic E-state index is -3.68. The van der Waals surface area contributed by atoms with Crippen molar-refractivity contribution in [3.05, 3.63) is 35.4 Å². The van der Waals surface area contributed by atoms with E-state index in [0.29, 0.717) is 32.5 Å². The van der Waals surface area contributed by atoms with Crippen LogP contribution in [-0.4, -0.2) is 81.1 Å². The lowest BCUT2D eigenvalue weighted by molar-refractivity contribution is -0.136. The Morgan fingerprint density at radius 3 is 2.38 bits per heavy atom. The standard InChI is InChI=1S/C29H47N5O7S/c1-22-10-12-23(13-11-22)8-5-9-25(21-27(35)33-38)28(36)32-26(20-24-6-3-2-4-7-24)29(37)30-14-15-31-42(39,40)34-16-18-41-19-17-34/h10-13,24-26,31,38H,2-9,14-21H2,1H3,(H,30,37)(H,32,36)(H,33,35)/t25-,26-/m0/s1. The van der Waals surface area contributed by atoms with Gasteiger partial charge in [-0.1, -0.05) is 61.9 Å². The molecule has 3 rings (SSSR count). The fourth-order valence-corrected chi connectivity index (χ4v) is 6.72. The zero-order chi connectivity index (χ0) is 30.4. The van der Waals surface area contributed by atoms with Crippen LogP contribution in [0.25, 0.3) is 0 Å². The summed E-state index contributed by atoms with van der Waals surface area (Å²) in [4.78, 5) is 38.7. The molecular formula is C29H47N5O7S. The van der Waals surface area contributed by atoms with Gasteiger partial charge in [-0.05, 0) is 44.1 Å². The topological polar surface area (TPSA) is 166 Å². The van der Waals surface area contributed by atoms with Crippen molar-refractivity contribution in [2.45, 2.75) is 77.2 Å². The summed E-state index contributed by atoms with van der Waals surface area (Å²) in [5.41, 5.74) is 3.90. The highest BCUT2D eigenvalue weighted by molar-refractivity contribution is 7.87. The van der Waals surface area contributed by atoms with E-state index in [-0.39, 0.29) is 44.4 Å². The van der Waals surface area contributed by atoms with Crippen molar-refractivity contribution in [1.82, 2.24) is 25.1 Å². The molecule has 3 amide bonds. The van der Waals surface area contributed by atoms with E-state index in [1.54, 1.807) is 5.48 Å². The average Bonchev–Trinajstić information content (AvgIpc) is 3.00. The number of amides is 3. The molecule has 1 saturated heterocycles. The Hall–Kier alpha value is -2.58. The summed E-state index contributed by atoms with van der Waals surface area (Å²) in [6.45, 7) is 3.32. The number of hydrogen-bond donors (Lipinski definition) is 5. The van der Waals surface area contributed by atoms with Crippen LogP contribution in [-0.2, 0) is 35.8 Å². The van der Waals surface area contributed by atoms with E-state index in [1.165, 1.54) is 4.31 Å². The van der Waals surface area contributed by atoms with Gasteiger partial charge in [0.2, 0.25) is 17.7 Å². The molecule has 0 bridgehead atoms. The van der Waals surface area contributed by atoms with E-state index in [4.69, 9.17) is 9.94 Å². The summed E-state index contributed by atoms with van der Waals surface area (Å²) in [5, 5.41) is 14.7. The minimum absolute atomic E-state index is 0.00777. The maximum Gasteiger partial charge on any atom is 0.279 e. The number of ether oxygens (including phenoxy) is 1. The van der Waals surface area contributed by atoms with Crippen molar-refractivity contribution in [3.8, 4) is 0 Å². The third kappa shape index (κ3) is 11.6. The Bertz CT molecular complexity index is 1100. The first-order valence-corrected chi connectivity index (χ1v) is 16.5. The lowest BCUT2D eigenvalue weighted by Crippen LogP contribution is -2.52. The molecule has 0 aromatic heterocycles. The normalized spacial score (nSPS) is 18.1. The Kier molecular flexibility index (Phi) is 14.1. The molecule has 12 nitrogen and oxygen atoms in total. The van der Waals surface area contributed by atoms with E-state index < -0.39 is 34.0 Å². The molecule has 1 aliphatic carbocycles. The fraction of sp³-hybridized carbons (Fsp3) is 0.690. The number of benzene rings is 1. The molecule has 1 aromatic rings. The number of nitrogens with zero attached hydrogens (tertiary/aromatic N) is 1. The molecule has 2 atom stereocenters. The Balaban J connectivity index is 1.58. The first-order valence-electron chi connectivity index (χ1n) is 15.1. The highest BCUT2D eigenvalue weighted by atomic mass is 32.2. The van der Waals surface area contributed by atoms with E-state index in [0.717, 1.165) is 49.7 Å². The zero-order valence-corrected chi connectivity index (χ0v) is 25.4. The first kappa shape index (κ1) is 33.9. The van der Waals surface area contributed by atoms with Crippen molar-refractivity contribution in [3.63, 3.8) is 0 Å². The number of rotatable bonds is 16. The predicted molar refractivity (Wildman–Crippen MR) is 158 cm³/mol.